The van der Waals surface area contributed by atoms with Crippen molar-refractivity contribution >= 4 is 17.5 Å². The van der Waals surface area contributed by atoms with Crippen LogP contribution in [0.15, 0.2) is 12.4 Å². The van der Waals surface area contributed by atoms with E-state index in [-0.39, 0.29) is 12.1 Å². The second-order valence-corrected chi connectivity index (χ2v) is 7.48. The van der Waals surface area contributed by atoms with Gasteiger partial charge < -0.3 is 20.7 Å². The summed E-state index contributed by atoms with van der Waals surface area (Å²) in [5, 5.41) is 2.99. The van der Waals surface area contributed by atoms with Crippen LogP contribution < -0.4 is 16.0 Å². The molecule has 2 heterocycles. The number of alkyl carbamates (subject to hydrolysis) is 1. The van der Waals surface area contributed by atoms with Gasteiger partial charge in [0.05, 0.1) is 17.6 Å². The van der Waals surface area contributed by atoms with Crippen molar-refractivity contribution < 1.29 is 9.53 Å². The third-order valence-corrected chi connectivity index (χ3v) is 3.83. The number of nitrogens with zero attached hydrogens (tertiary/aromatic N) is 2. The van der Waals surface area contributed by atoms with E-state index in [0.717, 1.165) is 30.8 Å². The zero-order valence-corrected chi connectivity index (χ0v) is 14.7. The Labute approximate surface area is 138 Å². The van der Waals surface area contributed by atoms with Crippen molar-refractivity contribution in [2.24, 2.45) is 5.92 Å². The fourth-order valence-electron chi connectivity index (χ4n) is 3.12. The zero-order valence-electron chi connectivity index (χ0n) is 14.7. The van der Waals surface area contributed by atoms with Gasteiger partial charge in [-0.25, -0.2) is 4.79 Å². The summed E-state index contributed by atoms with van der Waals surface area (Å²) in [6, 6.07) is 0.0422. The van der Waals surface area contributed by atoms with Gasteiger partial charge in [-0.15, -0.1) is 0 Å². The summed E-state index contributed by atoms with van der Waals surface area (Å²) in [5.74, 6) is 0.454. The number of pyridine rings is 1. The molecule has 128 valence electrons. The minimum Gasteiger partial charge on any atom is -0.444 e. The van der Waals surface area contributed by atoms with E-state index < -0.39 is 5.60 Å². The summed E-state index contributed by atoms with van der Waals surface area (Å²) in [4.78, 5) is 18.4. The van der Waals surface area contributed by atoms with Crippen molar-refractivity contribution in [1.82, 2.24) is 10.3 Å². The number of anilines is 2. The summed E-state index contributed by atoms with van der Waals surface area (Å²) in [5.41, 5.74) is 8.36. The number of hydrogen-bond donors (Lipinski definition) is 2. The van der Waals surface area contributed by atoms with Crippen LogP contribution in [0.4, 0.5) is 16.2 Å². The lowest BCUT2D eigenvalue weighted by atomic mass is 9.95. The molecular weight excluding hydrogens is 292 g/mol. The van der Waals surface area contributed by atoms with Crippen LogP contribution in [0.3, 0.4) is 0 Å². The number of nitrogen functional groups attached to an aromatic ring is 1. The fourth-order valence-corrected chi connectivity index (χ4v) is 3.12. The quantitative estimate of drug-likeness (QED) is 0.876. The number of aryl methyl sites for hydroxylation is 1. The van der Waals surface area contributed by atoms with E-state index in [9.17, 15) is 4.79 Å². The molecule has 0 aliphatic carbocycles. The molecule has 1 saturated heterocycles. The summed E-state index contributed by atoms with van der Waals surface area (Å²) in [7, 11) is 0. The number of amides is 1. The highest BCUT2D eigenvalue weighted by atomic mass is 16.6. The Balaban J connectivity index is 2.09. The Morgan fingerprint density at radius 1 is 1.39 bits per heavy atom. The van der Waals surface area contributed by atoms with E-state index in [2.05, 4.69) is 22.1 Å². The minimum atomic E-state index is -0.490. The number of nitrogens with two attached hydrogens (primary N) is 1. The highest BCUT2D eigenvalue weighted by Gasteiger charge is 2.29. The van der Waals surface area contributed by atoms with Gasteiger partial charge in [0, 0.05) is 25.3 Å². The normalized spacial score (nSPS) is 21.9. The number of carbonyl (C=O) groups is 1. The molecule has 6 heteroatoms. The Hall–Kier alpha value is -1.98. The lowest BCUT2D eigenvalue weighted by Crippen LogP contribution is -2.51. The zero-order chi connectivity index (χ0) is 17.2. The summed E-state index contributed by atoms with van der Waals surface area (Å²) in [6.45, 7) is 11.4. The van der Waals surface area contributed by atoms with Crippen molar-refractivity contribution in [2.75, 3.05) is 23.7 Å². The molecule has 1 aliphatic rings. The molecule has 1 fully saturated rings. The van der Waals surface area contributed by atoms with Crippen molar-refractivity contribution in [3.63, 3.8) is 0 Å². The van der Waals surface area contributed by atoms with Crippen LogP contribution >= 0.6 is 0 Å². The van der Waals surface area contributed by atoms with Gasteiger partial charge in [0.1, 0.15) is 5.60 Å². The van der Waals surface area contributed by atoms with E-state index in [0.29, 0.717) is 11.6 Å². The van der Waals surface area contributed by atoms with Gasteiger partial charge in [0.2, 0.25) is 0 Å². The maximum absolute atomic E-state index is 12.0. The van der Waals surface area contributed by atoms with Gasteiger partial charge >= 0.3 is 6.09 Å². The molecule has 2 rings (SSSR count). The Kier molecular flexibility index (Phi) is 5.02. The number of aromatic nitrogens is 1. The van der Waals surface area contributed by atoms with Crippen molar-refractivity contribution in [2.45, 2.75) is 52.7 Å². The van der Waals surface area contributed by atoms with Gasteiger partial charge in [-0.3, -0.25) is 4.98 Å². The SMILES string of the molecule is Cc1cncc(N)c1N1C[C@H](C)C[C@H](NC(=O)OC(C)(C)C)C1. The highest BCUT2D eigenvalue weighted by molar-refractivity contribution is 5.71. The molecule has 23 heavy (non-hydrogen) atoms. The molecule has 2 atom stereocenters. The summed E-state index contributed by atoms with van der Waals surface area (Å²) < 4.78 is 5.36. The molecule has 0 bridgehead atoms. The van der Waals surface area contributed by atoms with Crippen LogP contribution in [0.1, 0.15) is 39.7 Å². The average molecular weight is 320 g/mol. The third kappa shape index (κ3) is 4.74. The second-order valence-electron chi connectivity index (χ2n) is 7.48. The van der Waals surface area contributed by atoms with Crippen LogP contribution in [0, 0.1) is 12.8 Å². The van der Waals surface area contributed by atoms with E-state index in [1.54, 1.807) is 6.20 Å². The molecule has 0 saturated carbocycles. The Morgan fingerprint density at radius 3 is 2.70 bits per heavy atom. The number of carbonyl (C=O) groups excluding carboxylic acids is 1. The number of ether oxygens (including phenoxy) is 1. The summed E-state index contributed by atoms with van der Waals surface area (Å²) >= 11 is 0. The standard InChI is InChI=1S/C17H28N4O2/c1-11-6-13(20-16(22)23-17(3,4)5)10-21(9-11)15-12(2)7-19-8-14(15)18/h7-8,11,13H,6,9-10,18H2,1-5H3,(H,20,22)/t11-,13+/m1/s1. The average Bonchev–Trinajstić information content (AvgIpc) is 2.35. The van der Waals surface area contributed by atoms with Gasteiger partial charge in [0.25, 0.3) is 0 Å². The smallest absolute Gasteiger partial charge is 0.407 e. The lowest BCUT2D eigenvalue weighted by molar-refractivity contribution is 0.0495. The van der Waals surface area contributed by atoms with Gasteiger partial charge in [0.15, 0.2) is 0 Å². The van der Waals surface area contributed by atoms with E-state index >= 15 is 0 Å². The largest absolute Gasteiger partial charge is 0.444 e. The first-order valence-electron chi connectivity index (χ1n) is 8.10. The predicted molar refractivity (Wildman–Crippen MR) is 92.5 cm³/mol. The number of hydrogen-bond acceptors (Lipinski definition) is 5. The third-order valence-electron chi connectivity index (χ3n) is 3.83. The van der Waals surface area contributed by atoms with Crippen molar-refractivity contribution in [1.29, 1.82) is 0 Å². The first-order valence-corrected chi connectivity index (χ1v) is 8.10. The van der Waals surface area contributed by atoms with E-state index in [4.69, 9.17) is 10.5 Å². The lowest BCUT2D eigenvalue weighted by Gasteiger charge is -2.39. The van der Waals surface area contributed by atoms with Gasteiger partial charge in [-0.05, 0) is 45.6 Å². The van der Waals surface area contributed by atoms with Crippen LogP contribution in [0.25, 0.3) is 0 Å². The monoisotopic (exact) mass is 320 g/mol. The van der Waals surface area contributed by atoms with Crippen molar-refractivity contribution in [3.8, 4) is 0 Å². The van der Waals surface area contributed by atoms with Gasteiger partial charge in [-0.1, -0.05) is 6.92 Å². The molecule has 0 aromatic carbocycles. The first-order chi connectivity index (χ1) is 10.7. The molecule has 0 spiro atoms. The Bertz CT molecular complexity index is 548. The highest BCUT2D eigenvalue weighted by Crippen LogP contribution is 2.30. The van der Waals surface area contributed by atoms with E-state index in [1.165, 1.54) is 0 Å². The van der Waals surface area contributed by atoms with Crippen LogP contribution in [0.2, 0.25) is 0 Å². The number of nitrogens with one attached hydrogen (secondary N) is 1. The summed E-state index contributed by atoms with van der Waals surface area (Å²) in [6.07, 6.45) is 4.06. The fraction of sp³-hybridized carbons (Fsp3) is 0.647. The maximum Gasteiger partial charge on any atom is 0.407 e. The topological polar surface area (TPSA) is 80.5 Å². The molecule has 1 aliphatic heterocycles. The number of rotatable bonds is 2. The molecule has 0 unspecified atom stereocenters. The number of piperidine rings is 1. The predicted octanol–water partition coefficient (Wildman–Crippen LogP) is 2.71. The molecule has 1 amide bonds. The first kappa shape index (κ1) is 17.4. The second kappa shape index (κ2) is 6.64. The molecule has 6 nitrogen and oxygen atoms in total. The van der Waals surface area contributed by atoms with Crippen LogP contribution in [-0.4, -0.2) is 35.8 Å². The molecule has 3 N–H and O–H groups in total. The maximum atomic E-state index is 12.0. The van der Waals surface area contributed by atoms with Gasteiger partial charge in [-0.2, -0.15) is 0 Å². The molecule has 1 aromatic rings. The van der Waals surface area contributed by atoms with Crippen LogP contribution in [-0.2, 0) is 4.74 Å². The van der Waals surface area contributed by atoms with Crippen LogP contribution in [0.5, 0.6) is 0 Å². The Morgan fingerprint density at radius 2 is 2.09 bits per heavy atom. The molecule has 1 aromatic heterocycles. The van der Waals surface area contributed by atoms with Crippen molar-refractivity contribution in [3.05, 3.63) is 18.0 Å². The molecule has 0 radical (unpaired) electrons. The minimum absolute atomic E-state index is 0.0422. The van der Waals surface area contributed by atoms with E-state index in [1.807, 2.05) is 33.9 Å². The molecular formula is C17H28N4O2.